The number of carbonyl (C=O) groups is 1. The van der Waals surface area contributed by atoms with Crippen LogP contribution in [0.2, 0.25) is 0 Å². The van der Waals surface area contributed by atoms with Crippen LogP contribution >= 0.6 is 0 Å². The lowest BCUT2D eigenvalue weighted by Gasteiger charge is -2.36. The predicted octanol–water partition coefficient (Wildman–Crippen LogP) is 2.55. The van der Waals surface area contributed by atoms with Crippen molar-refractivity contribution in [3.8, 4) is 0 Å². The monoisotopic (exact) mass is 444 g/mol. The second-order valence-corrected chi connectivity index (χ2v) is 9.29. The fraction of sp³-hybridized carbons (Fsp3) is 0.417. The zero-order valence-corrected chi connectivity index (χ0v) is 19.1. The number of nitrogens with zero attached hydrogens (tertiary/aromatic N) is 5. The number of pyridine rings is 1. The van der Waals surface area contributed by atoms with Crippen LogP contribution in [-0.2, 0) is 0 Å². The third kappa shape index (κ3) is 3.34. The number of nitrogens with one attached hydrogen (secondary N) is 3. The molecule has 3 aromatic heterocycles. The molecule has 1 amide bonds. The first kappa shape index (κ1) is 20.2. The summed E-state index contributed by atoms with van der Waals surface area (Å²) >= 11 is 0. The molecule has 1 aliphatic carbocycles. The average molecular weight is 445 g/mol. The zero-order valence-electron chi connectivity index (χ0n) is 19.1. The molecule has 1 aliphatic heterocycles. The molecule has 0 bridgehead atoms. The number of piperazine rings is 1. The number of fused-ring (bicyclic) bond motifs is 5. The molecule has 1 aromatic carbocycles. The van der Waals surface area contributed by atoms with Crippen LogP contribution < -0.4 is 20.9 Å². The minimum Gasteiger partial charge on any atom is -0.387 e. The molecule has 4 heterocycles. The topological polar surface area (TPSA) is 99.5 Å². The maximum Gasteiger partial charge on any atom is 0.257 e. The normalized spacial score (nSPS) is 21.1. The van der Waals surface area contributed by atoms with Gasteiger partial charge < -0.3 is 20.9 Å². The van der Waals surface area contributed by atoms with Gasteiger partial charge in [-0.15, -0.1) is 0 Å². The first-order valence-corrected chi connectivity index (χ1v) is 11.6. The smallest absolute Gasteiger partial charge is 0.257 e. The highest BCUT2D eigenvalue weighted by molar-refractivity contribution is 6.13. The van der Waals surface area contributed by atoms with E-state index in [4.69, 9.17) is 15.0 Å². The Morgan fingerprint density at radius 1 is 1.09 bits per heavy atom. The summed E-state index contributed by atoms with van der Waals surface area (Å²) in [4.78, 5) is 30.2. The van der Waals surface area contributed by atoms with Gasteiger partial charge in [-0.25, -0.2) is 9.97 Å². The molecule has 1 saturated carbocycles. The van der Waals surface area contributed by atoms with Gasteiger partial charge in [-0.1, -0.05) is 12.1 Å². The Balaban J connectivity index is 1.63. The van der Waals surface area contributed by atoms with E-state index in [2.05, 4.69) is 34.7 Å². The van der Waals surface area contributed by atoms with E-state index in [9.17, 15) is 4.79 Å². The maximum atomic E-state index is 13.3. The number of aromatic nitrogens is 4. The lowest BCUT2D eigenvalue weighted by Crippen LogP contribution is -2.54. The Hall–Kier alpha value is -3.46. The Kier molecular flexibility index (Phi) is 4.62. The quantitative estimate of drug-likeness (QED) is 0.445. The van der Waals surface area contributed by atoms with Gasteiger partial charge in [0.25, 0.3) is 5.91 Å². The summed E-state index contributed by atoms with van der Waals surface area (Å²) in [5.74, 6) is 0.580. The minimum atomic E-state index is -0.113. The van der Waals surface area contributed by atoms with E-state index in [1.165, 1.54) is 0 Å². The molecule has 2 aliphatic rings. The van der Waals surface area contributed by atoms with Gasteiger partial charge in [-0.3, -0.25) is 9.20 Å². The summed E-state index contributed by atoms with van der Waals surface area (Å²) in [7, 11) is 1.83. The van der Waals surface area contributed by atoms with Crippen LogP contribution in [0.1, 0.15) is 37.0 Å². The molecule has 2 fully saturated rings. The number of amides is 1. The van der Waals surface area contributed by atoms with Crippen molar-refractivity contribution in [2.24, 2.45) is 0 Å². The van der Waals surface area contributed by atoms with E-state index in [0.29, 0.717) is 34.9 Å². The molecular weight excluding hydrogens is 416 g/mol. The number of anilines is 2. The number of para-hydroxylation sites is 2. The first-order chi connectivity index (χ1) is 16.0. The van der Waals surface area contributed by atoms with Crippen molar-refractivity contribution in [3.05, 3.63) is 36.0 Å². The van der Waals surface area contributed by atoms with Crippen molar-refractivity contribution in [1.29, 1.82) is 0 Å². The number of carbonyl (C=O) groups excluding carboxylic acids is 1. The summed E-state index contributed by atoms with van der Waals surface area (Å²) in [6.07, 6.45) is 3.88. The Morgan fingerprint density at radius 2 is 1.85 bits per heavy atom. The van der Waals surface area contributed by atoms with E-state index >= 15 is 0 Å². The van der Waals surface area contributed by atoms with Crippen LogP contribution in [0.4, 0.5) is 11.6 Å². The molecule has 9 nitrogen and oxygen atoms in total. The van der Waals surface area contributed by atoms with Crippen LogP contribution in [-0.4, -0.2) is 63.5 Å². The standard InChI is InChI=1S/C24H28N8O/c1-13-11-31(12-14(2)27-13)24-26-10-16-20(25-3)19(23(33)28-15-8-9-15)22-29-17-6-4-5-7-18(17)32(22)21(16)30-24/h4-7,10,13-15,25,27H,8-9,11-12H2,1-3H3,(H,28,33). The fourth-order valence-corrected chi connectivity index (χ4v) is 4.97. The van der Waals surface area contributed by atoms with Crippen molar-refractivity contribution in [1.82, 2.24) is 30.0 Å². The first-order valence-electron chi connectivity index (χ1n) is 11.6. The van der Waals surface area contributed by atoms with Gasteiger partial charge in [0, 0.05) is 44.5 Å². The largest absolute Gasteiger partial charge is 0.387 e. The van der Waals surface area contributed by atoms with Gasteiger partial charge in [-0.2, -0.15) is 4.98 Å². The highest BCUT2D eigenvalue weighted by Gasteiger charge is 2.30. The lowest BCUT2D eigenvalue weighted by molar-refractivity contribution is 0.0953. The SMILES string of the molecule is CNc1c(C(=O)NC2CC2)c2nc3ccccc3n2c2nc(N3CC(C)NC(C)C3)ncc12. The molecule has 170 valence electrons. The van der Waals surface area contributed by atoms with Crippen LogP contribution in [0.3, 0.4) is 0 Å². The number of rotatable bonds is 4. The molecule has 2 unspecified atom stereocenters. The van der Waals surface area contributed by atoms with Gasteiger partial charge >= 0.3 is 0 Å². The summed E-state index contributed by atoms with van der Waals surface area (Å²) in [6.45, 7) is 6.03. The second-order valence-electron chi connectivity index (χ2n) is 9.29. The molecule has 0 spiro atoms. The summed E-state index contributed by atoms with van der Waals surface area (Å²) < 4.78 is 2.01. The third-order valence-electron chi connectivity index (χ3n) is 6.50. The molecule has 33 heavy (non-hydrogen) atoms. The highest BCUT2D eigenvalue weighted by atomic mass is 16.1. The Morgan fingerprint density at radius 3 is 2.58 bits per heavy atom. The van der Waals surface area contributed by atoms with E-state index < -0.39 is 0 Å². The van der Waals surface area contributed by atoms with Crippen molar-refractivity contribution < 1.29 is 4.79 Å². The van der Waals surface area contributed by atoms with Gasteiger partial charge in [0.15, 0.2) is 11.3 Å². The molecular formula is C24H28N8O. The summed E-state index contributed by atoms with van der Waals surface area (Å²) in [5.41, 5.74) is 4.35. The van der Waals surface area contributed by atoms with Crippen molar-refractivity contribution in [2.45, 2.75) is 44.8 Å². The van der Waals surface area contributed by atoms with Crippen LogP contribution in [0, 0.1) is 0 Å². The molecule has 9 heteroatoms. The van der Waals surface area contributed by atoms with Crippen LogP contribution in [0.15, 0.2) is 30.5 Å². The number of imidazole rings is 1. The fourth-order valence-electron chi connectivity index (χ4n) is 4.97. The van der Waals surface area contributed by atoms with Crippen molar-refractivity contribution in [3.63, 3.8) is 0 Å². The Bertz CT molecular complexity index is 1380. The van der Waals surface area contributed by atoms with E-state index in [-0.39, 0.29) is 11.9 Å². The van der Waals surface area contributed by atoms with Gasteiger partial charge in [0.05, 0.1) is 22.1 Å². The average Bonchev–Trinajstić information content (AvgIpc) is 3.53. The molecule has 4 aromatic rings. The Labute approximate surface area is 191 Å². The van der Waals surface area contributed by atoms with Crippen molar-refractivity contribution >= 4 is 45.3 Å². The summed E-state index contributed by atoms with van der Waals surface area (Å²) in [5, 5.41) is 10.7. The second kappa shape index (κ2) is 7.55. The van der Waals surface area contributed by atoms with E-state index in [1.54, 1.807) is 0 Å². The maximum absolute atomic E-state index is 13.3. The van der Waals surface area contributed by atoms with Gasteiger partial charge in [0.1, 0.15) is 5.56 Å². The van der Waals surface area contributed by atoms with Gasteiger partial charge in [-0.05, 0) is 38.8 Å². The lowest BCUT2D eigenvalue weighted by atomic mass is 10.1. The number of hydrogen-bond acceptors (Lipinski definition) is 7. The highest BCUT2D eigenvalue weighted by Crippen LogP contribution is 2.34. The molecule has 0 radical (unpaired) electrons. The third-order valence-corrected chi connectivity index (χ3v) is 6.50. The van der Waals surface area contributed by atoms with Crippen LogP contribution in [0.25, 0.3) is 27.7 Å². The van der Waals surface area contributed by atoms with E-state index in [0.717, 1.165) is 48.0 Å². The molecule has 6 rings (SSSR count). The molecule has 1 saturated heterocycles. The minimum absolute atomic E-state index is 0.113. The molecule has 3 N–H and O–H groups in total. The van der Waals surface area contributed by atoms with Gasteiger partial charge in [0.2, 0.25) is 5.95 Å². The summed E-state index contributed by atoms with van der Waals surface area (Å²) in [6, 6.07) is 8.89. The van der Waals surface area contributed by atoms with Crippen molar-refractivity contribution in [2.75, 3.05) is 30.4 Å². The van der Waals surface area contributed by atoms with E-state index in [1.807, 2.05) is 41.9 Å². The zero-order chi connectivity index (χ0) is 22.7. The number of hydrogen-bond donors (Lipinski definition) is 3. The van der Waals surface area contributed by atoms with Crippen LogP contribution in [0.5, 0.6) is 0 Å². The predicted molar refractivity (Wildman–Crippen MR) is 130 cm³/mol. The molecule has 2 atom stereocenters. The number of benzene rings is 1.